The highest BCUT2D eigenvalue weighted by Gasteiger charge is 2.31. The van der Waals surface area contributed by atoms with Crippen molar-refractivity contribution in [2.75, 3.05) is 20.1 Å². The van der Waals surface area contributed by atoms with Gasteiger partial charge in [-0.3, -0.25) is 9.59 Å². The molecule has 0 unspecified atom stereocenters. The second-order valence-electron chi connectivity index (χ2n) is 6.19. The number of nitrogens with zero attached hydrogens (tertiary/aromatic N) is 3. The lowest BCUT2D eigenvalue weighted by atomic mass is 9.96. The van der Waals surface area contributed by atoms with E-state index in [1.54, 1.807) is 16.8 Å². The summed E-state index contributed by atoms with van der Waals surface area (Å²) >= 11 is 1.44. The zero-order valence-electron chi connectivity index (χ0n) is 13.9. The van der Waals surface area contributed by atoms with Crippen LogP contribution in [-0.4, -0.2) is 46.9 Å². The van der Waals surface area contributed by atoms with Crippen LogP contribution in [0.25, 0.3) is 0 Å². The van der Waals surface area contributed by atoms with Gasteiger partial charge in [-0.05, 0) is 31.2 Å². The van der Waals surface area contributed by atoms with Gasteiger partial charge in [-0.1, -0.05) is 11.2 Å². The van der Waals surface area contributed by atoms with Crippen LogP contribution in [0.3, 0.4) is 0 Å². The van der Waals surface area contributed by atoms with Crippen LogP contribution >= 0.6 is 11.3 Å². The van der Waals surface area contributed by atoms with E-state index < -0.39 is 0 Å². The molecule has 0 saturated carbocycles. The predicted octanol–water partition coefficient (Wildman–Crippen LogP) is 2.56. The summed E-state index contributed by atoms with van der Waals surface area (Å²) in [4.78, 5) is 29.4. The second kappa shape index (κ2) is 7.17. The Kier molecular flexibility index (Phi) is 4.99. The minimum atomic E-state index is -0.152. The summed E-state index contributed by atoms with van der Waals surface area (Å²) in [7, 11) is 1.77. The van der Waals surface area contributed by atoms with Crippen molar-refractivity contribution in [3.05, 3.63) is 39.9 Å². The van der Waals surface area contributed by atoms with Gasteiger partial charge in [0.15, 0.2) is 0 Å². The highest BCUT2D eigenvalue weighted by molar-refractivity contribution is 7.12. The molecule has 1 saturated heterocycles. The van der Waals surface area contributed by atoms with E-state index in [0.717, 1.165) is 29.2 Å². The number of aryl methyl sites for hydroxylation is 1. The Bertz CT molecular complexity index is 710. The van der Waals surface area contributed by atoms with Gasteiger partial charge in [0.2, 0.25) is 5.91 Å². The van der Waals surface area contributed by atoms with E-state index in [0.29, 0.717) is 19.6 Å². The van der Waals surface area contributed by atoms with E-state index in [-0.39, 0.29) is 17.7 Å². The summed E-state index contributed by atoms with van der Waals surface area (Å²) in [5.41, 5.74) is 0.741. The molecule has 0 N–H and O–H groups in total. The van der Waals surface area contributed by atoms with Crippen molar-refractivity contribution in [3.8, 4) is 0 Å². The number of amides is 2. The lowest BCUT2D eigenvalue weighted by Gasteiger charge is -2.33. The lowest BCUT2D eigenvalue weighted by Crippen LogP contribution is -2.45. The monoisotopic (exact) mass is 347 g/mol. The van der Waals surface area contributed by atoms with Crippen LogP contribution in [0.4, 0.5) is 0 Å². The third-order valence-electron chi connectivity index (χ3n) is 4.24. The number of hydrogen-bond donors (Lipinski definition) is 0. The van der Waals surface area contributed by atoms with Gasteiger partial charge in [0.1, 0.15) is 11.5 Å². The van der Waals surface area contributed by atoms with E-state index in [4.69, 9.17) is 4.52 Å². The summed E-state index contributed by atoms with van der Waals surface area (Å²) < 4.78 is 5.04. The van der Waals surface area contributed by atoms with Crippen molar-refractivity contribution >= 4 is 23.2 Å². The number of carbonyl (C=O) groups is 2. The van der Waals surface area contributed by atoms with E-state index in [2.05, 4.69) is 5.16 Å². The topological polar surface area (TPSA) is 66.7 Å². The summed E-state index contributed by atoms with van der Waals surface area (Å²) in [6.07, 6.45) is 1.67. The smallest absolute Gasteiger partial charge is 0.263 e. The number of piperidine rings is 1. The van der Waals surface area contributed by atoms with Gasteiger partial charge in [-0.2, -0.15) is 0 Å². The van der Waals surface area contributed by atoms with Crippen molar-refractivity contribution in [2.45, 2.75) is 26.3 Å². The first-order valence-corrected chi connectivity index (χ1v) is 8.92. The van der Waals surface area contributed by atoms with E-state index in [1.807, 2.05) is 30.5 Å². The van der Waals surface area contributed by atoms with Crippen LogP contribution in [0.1, 0.15) is 34.0 Å². The Balaban J connectivity index is 1.61. The molecule has 24 heavy (non-hydrogen) atoms. The highest BCUT2D eigenvalue weighted by Crippen LogP contribution is 2.22. The Morgan fingerprint density at radius 3 is 3.00 bits per heavy atom. The molecule has 7 heteroatoms. The fourth-order valence-electron chi connectivity index (χ4n) is 3.04. The highest BCUT2D eigenvalue weighted by atomic mass is 32.1. The van der Waals surface area contributed by atoms with E-state index >= 15 is 0 Å². The normalized spacial score (nSPS) is 17.8. The van der Waals surface area contributed by atoms with Gasteiger partial charge in [0.25, 0.3) is 5.91 Å². The average Bonchev–Trinajstić information content (AvgIpc) is 3.25. The van der Waals surface area contributed by atoms with Gasteiger partial charge in [0, 0.05) is 26.2 Å². The van der Waals surface area contributed by atoms with Crippen LogP contribution in [0, 0.1) is 12.8 Å². The molecule has 1 aliphatic rings. The second-order valence-corrected chi connectivity index (χ2v) is 7.14. The number of hydrogen-bond acceptors (Lipinski definition) is 5. The first-order chi connectivity index (χ1) is 11.5. The van der Waals surface area contributed by atoms with Crippen LogP contribution in [0.5, 0.6) is 0 Å². The Morgan fingerprint density at radius 1 is 1.50 bits per heavy atom. The Hall–Kier alpha value is -2.15. The third kappa shape index (κ3) is 3.67. The number of likely N-dealkylation sites (tertiary alicyclic amines) is 1. The van der Waals surface area contributed by atoms with Gasteiger partial charge in [-0.15, -0.1) is 11.3 Å². The molecule has 0 radical (unpaired) electrons. The molecule has 0 spiro atoms. The number of rotatable bonds is 4. The molecular formula is C17H21N3O3S. The summed E-state index contributed by atoms with van der Waals surface area (Å²) in [6.45, 7) is 3.45. The standard InChI is InChI=1S/C17H21N3O3S/c1-12-9-14(18-23-12)11-19(2)16(21)13-5-3-7-20(10-13)17(22)15-6-4-8-24-15/h4,6,8-9,13H,3,5,7,10-11H2,1-2H3/t13-/m0/s1. The van der Waals surface area contributed by atoms with E-state index in [1.165, 1.54) is 11.3 Å². The maximum Gasteiger partial charge on any atom is 0.263 e. The number of thiophene rings is 1. The van der Waals surface area contributed by atoms with Gasteiger partial charge in [-0.25, -0.2) is 0 Å². The van der Waals surface area contributed by atoms with Crippen LogP contribution in [-0.2, 0) is 11.3 Å². The maximum absolute atomic E-state index is 12.7. The molecule has 3 rings (SSSR count). The molecule has 1 atom stereocenters. The molecular weight excluding hydrogens is 326 g/mol. The molecule has 0 aromatic carbocycles. The molecule has 2 amide bonds. The Morgan fingerprint density at radius 2 is 2.33 bits per heavy atom. The fraction of sp³-hybridized carbons (Fsp3) is 0.471. The molecule has 128 valence electrons. The minimum Gasteiger partial charge on any atom is -0.361 e. The number of aromatic nitrogens is 1. The molecule has 6 nitrogen and oxygen atoms in total. The zero-order chi connectivity index (χ0) is 17.1. The van der Waals surface area contributed by atoms with Gasteiger partial charge >= 0.3 is 0 Å². The zero-order valence-corrected chi connectivity index (χ0v) is 14.7. The Labute approximate surface area is 145 Å². The molecule has 1 aliphatic heterocycles. The first-order valence-electron chi connectivity index (χ1n) is 8.04. The quantitative estimate of drug-likeness (QED) is 0.852. The third-order valence-corrected chi connectivity index (χ3v) is 5.10. The maximum atomic E-state index is 12.7. The molecule has 1 fully saturated rings. The van der Waals surface area contributed by atoms with E-state index in [9.17, 15) is 9.59 Å². The van der Waals surface area contributed by atoms with Gasteiger partial charge in [0.05, 0.1) is 17.3 Å². The van der Waals surface area contributed by atoms with Crippen molar-refractivity contribution in [1.29, 1.82) is 0 Å². The van der Waals surface area contributed by atoms with Crippen LogP contribution < -0.4 is 0 Å². The first kappa shape index (κ1) is 16.7. The summed E-state index contributed by atoms with van der Waals surface area (Å²) in [5, 5.41) is 5.82. The van der Waals surface area contributed by atoms with Gasteiger partial charge < -0.3 is 14.3 Å². The fourth-order valence-corrected chi connectivity index (χ4v) is 3.74. The van der Waals surface area contributed by atoms with Crippen molar-refractivity contribution in [1.82, 2.24) is 15.0 Å². The van der Waals surface area contributed by atoms with Crippen LogP contribution in [0.2, 0.25) is 0 Å². The SMILES string of the molecule is Cc1cc(CN(C)C(=O)[C@H]2CCCN(C(=O)c3cccs3)C2)no1. The van der Waals surface area contributed by atoms with Crippen molar-refractivity contribution in [3.63, 3.8) is 0 Å². The molecule has 0 aliphatic carbocycles. The lowest BCUT2D eigenvalue weighted by molar-refractivity contribution is -0.136. The van der Waals surface area contributed by atoms with Crippen molar-refractivity contribution in [2.24, 2.45) is 5.92 Å². The summed E-state index contributed by atoms with van der Waals surface area (Å²) in [5.74, 6) is 0.661. The number of carbonyl (C=O) groups excluding carboxylic acids is 2. The molecule has 2 aromatic heterocycles. The largest absolute Gasteiger partial charge is 0.361 e. The van der Waals surface area contributed by atoms with Crippen molar-refractivity contribution < 1.29 is 14.1 Å². The minimum absolute atomic E-state index is 0.0253. The average molecular weight is 347 g/mol. The molecule has 2 aromatic rings. The molecule has 0 bridgehead atoms. The summed E-state index contributed by atoms with van der Waals surface area (Å²) in [6, 6.07) is 5.53. The molecule has 3 heterocycles. The predicted molar refractivity (Wildman–Crippen MR) is 90.7 cm³/mol. The van der Waals surface area contributed by atoms with Crippen LogP contribution in [0.15, 0.2) is 28.1 Å².